The summed E-state index contributed by atoms with van der Waals surface area (Å²) in [4.78, 5) is 13.4. The van der Waals surface area contributed by atoms with Gasteiger partial charge in [0, 0.05) is 23.7 Å². The van der Waals surface area contributed by atoms with Crippen molar-refractivity contribution in [3.05, 3.63) is 42.0 Å². The van der Waals surface area contributed by atoms with E-state index in [0.717, 1.165) is 5.69 Å². The second kappa shape index (κ2) is 5.62. The zero-order chi connectivity index (χ0) is 9.97. The average molecular weight is 229 g/mol. The predicted octanol–water partition coefficient (Wildman–Crippen LogP) is -3.37. The molecule has 0 aliphatic rings. The molecule has 0 aliphatic heterocycles. The van der Waals surface area contributed by atoms with E-state index in [4.69, 9.17) is 0 Å². The van der Waals surface area contributed by atoms with Gasteiger partial charge >= 0.3 is 51.4 Å². The molecule has 0 bridgehead atoms. The molecule has 15 heavy (non-hydrogen) atoms. The summed E-state index contributed by atoms with van der Waals surface area (Å²) in [6.45, 7) is 0.528. The number of carboxylic acid groups (broad SMARTS) is 1. The van der Waals surface area contributed by atoms with Crippen LogP contribution in [0.1, 0.15) is 16.1 Å². The summed E-state index contributed by atoms with van der Waals surface area (Å²) in [5.41, 5.74) is 1.06. The van der Waals surface area contributed by atoms with Crippen LogP contribution in [-0.4, -0.2) is 20.7 Å². The van der Waals surface area contributed by atoms with Crippen LogP contribution in [0, 0.1) is 0 Å². The van der Waals surface area contributed by atoms with Gasteiger partial charge in [-0.25, -0.2) is 0 Å². The SMILES string of the molecule is O=C([O-])c1cnn(Cc2ccc[nH]2)c1.[K+]. The van der Waals surface area contributed by atoms with E-state index < -0.39 is 5.97 Å². The minimum absolute atomic E-state index is 0. The number of hydrogen-bond acceptors (Lipinski definition) is 3. The molecule has 2 rings (SSSR count). The van der Waals surface area contributed by atoms with E-state index in [1.54, 1.807) is 6.20 Å². The van der Waals surface area contributed by atoms with E-state index in [2.05, 4.69) is 10.1 Å². The number of carbonyl (C=O) groups excluding carboxylic acids is 1. The van der Waals surface area contributed by atoms with Crippen molar-refractivity contribution in [1.82, 2.24) is 14.8 Å². The molecule has 0 spiro atoms. The van der Waals surface area contributed by atoms with Crippen LogP contribution < -0.4 is 56.5 Å². The van der Waals surface area contributed by atoms with E-state index in [1.807, 2.05) is 12.1 Å². The predicted molar refractivity (Wildman–Crippen MR) is 46.5 cm³/mol. The Balaban J connectivity index is 0.00000112. The Morgan fingerprint density at radius 2 is 2.40 bits per heavy atom. The fraction of sp³-hybridized carbons (Fsp3) is 0.111. The maximum atomic E-state index is 10.4. The van der Waals surface area contributed by atoms with Gasteiger partial charge in [0.2, 0.25) is 0 Å². The molecule has 0 unspecified atom stereocenters. The zero-order valence-corrected chi connectivity index (χ0v) is 11.4. The summed E-state index contributed by atoms with van der Waals surface area (Å²) in [7, 11) is 0. The topological polar surface area (TPSA) is 73.7 Å². The first kappa shape index (κ1) is 12.7. The second-order valence-corrected chi connectivity index (χ2v) is 2.91. The van der Waals surface area contributed by atoms with Crippen LogP contribution in [0.4, 0.5) is 0 Å². The van der Waals surface area contributed by atoms with Gasteiger partial charge in [-0.15, -0.1) is 0 Å². The molecule has 6 heteroatoms. The third kappa shape index (κ3) is 3.28. The van der Waals surface area contributed by atoms with Crippen molar-refractivity contribution in [2.45, 2.75) is 6.54 Å². The van der Waals surface area contributed by atoms with Crippen LogP contribution in [0.5, 0.6) is 0 Å². The van der Waals surface area contributed by atoms with Gasteiger partial charge in [-0.1, -0.05) is 0 Å². The number of carboxylic acids is 1. The fourth-order valence-corrected chi connectivity index (χ4v) is 1.20. The van der Waals surface area contributed by atoms with Crippen LogP contribution in [-0.2, 0) is 6.54 Å². The molecule has 0 fully saturated rings. The molecule has 0 aliphatic carbocycles. The smallest absolute Gasteiger partial charge is 0.545 e. The zero-order valence-electron chi connectivity index (χ0n) is 8.30. The summed E-state index contributed by atoms with van der Waals surface area (Å²) >= 11 is 0. The monoisotopic (exact) mass is 229 g/mol. The van der Waals surface area contributed by atoms with Gasteiger partial charge in [0.1, 0.15) is 0 Å². The number of hydrogen-bond donors (Lipinski definition) is 1. The van der Waals surface area contributed by atoms with Gasteiger partial charge in [-0.3, -0.25) is 4.68 Å². The molecule has 0 aromatic carbocycles. The molecular formula is C9H8KN3O2. The van der Waals surface area contributed by atoms with E-state index in [1.165, 1.54) is 17.1 Å². The van der Waals surface area contributed by atoms with Crippen molar-refractivity contribution in [1.29, 1.82) is 0 Å². The maximum absolute atomic E-state index is 10.4. The number of rotatable bonds is 3. The van der Waals surface area contributed by atoms with E-state index in [9.17, 15) is 9.90 Å². The first-order valence-corrected chi connectivity index (χ1v) is 4.12. The van der Waals surface area contributed by atoms with Gasteiger partial charge < -0.3 is 14.9 Å². The number of carbonyl (C=O) groups is 1. The number of aromatic nitrogens is 3. The molecule has 72 valence electrons. The van der Waals surface area contributed by atoms with Crippen LogP contribution in [0.25, 0.3) is 0 Å². The Morgan fingerprint density at radius 3 is 2.93 bits per heavy atom. The largest absolute Gasteiger partial charge is 1.00 e. The van der Waals surface area contributed by atoms with Crippen LogP contribution in [0.3, 0.4) is 0 Å². The number of aromatic amines is 1. The quantitative estimate of drug-likeness (QED) is 0.558. The first-order chi connectivity index (χ1) is 6.75. The van der Waals surface area contributed by atoms with E-state index >= 15 is 0 Å². The summed E-state index contributed by atoms with van der Waals surface area (Å²) in [6.07, 6.45) is 4.52. The van der Waals surface area contributed by atoms with Gasteiger partial charge in [0.05, 0.1) is 18.7 Å². The Bertz CT molecular complexity index is 436. The van der Waals surface area contributed by atoms with Gasteiger partial charge in [0.15, 0.2) is 0 Å². The van der Waals surface area contributed by atoms with Crippen molar-refractivity contribution in [3.63, 3.8) is 0 Å². The summed E-state index contributed by atoms with van der Waals surface area (Å²) in [5, 5.41) is 14.3. The summed E-state index contributed by atoms with van der Waals surface area (Å²) in [5.74, 6) is -1.21. The molecule has 1 N–H and O–H groups in total. The fourth-order valence-electron chi connectivity index (χ4n) is 1.20. The molecule has 0 atom stereocenters. The van der Waals surface area contributed by atoms with Crippen LogP contribution in [0.15, 0.2) is 30.7 Å². The first-order valence-electron chi connectivity index (χ1n) is 4.12. The van der Waals surface area contributed by atoms with Crippen molar-refractivity contribution in [2.75, 3.05) is 0 Å². The summed E-state index contributed by atoms with van der Waals surface area (Å²) in [6, 6.07) is 3.78. The Morgan fingerprint density at radius 1 is 1.60 bits per heavy atom. The average Bonchev–Trinajstić information content (AvgIpc) is 2.75. The molecule has 0 radical (unpaired) electrons. The normalized spacial score (nSPS) is 9.60. The summed E-state index contributed by atoms with van der Waals surface area (Å²) < 4.78 is 1.54. The number of nitrogens with one attached hydrogen (secondary N) is 1. The third-order valence-electron chi connectivity index (χ3n) is 1.86. The number of H-pyrrole nitrogens is 1. The Labute approximate surface area is 129 Å². The second-order valence-electron chi connectivity index (χ2n) is 2.91. The van der Waals surface area contributed by atoms with Crippen molar-refractivity contribution < 1.29 is 61.3 Å². The molecule has 2 aromatic heterocycles. The van der Waals surface area contributed by atoms with Crippen LogP contribution in [0.2, 0.25) is 0 Å². The standard InChI is InChI=1S/C9H9N3O2.K/c13-9(14)7-4-11-12(5-7)6-8-2-1-3-10-8;/h1-5,10H,6H2,(H,13,14);/q;+1/p-1. The minimum atomic E-state index is -1.21. The molecule has 0 amide bonds. The molecule has 5 nitrogen and oxygen atoms in total. The van der Waals surface area contributed by atoms with Crippen LogP contribution >= 0.6 is 0 Å². The van der Waals surface area contributed by atoms with Gasteiger partial charge in [-0.2, -0.15) is 5.10 Å². The number of aromatic carboxylic acids is 1. The maximum Gasteiger partial charge on any atom is 1.00 e. The van der Waals surface area contributed by atoms with Crippen molar-refractivity contribution in [3.8, 4) is 0 Å². The third-order valence-corrected chi connectivity index (χ3v) is 1.86. The number of nitrogens with zero attached hydrogens (tertiary/aromatic N) is 2. The van der Waals surface area contributed by atoms with Gasteiger partial charge in [-0.05, 0) is 12.1 Å². The molecule has 2 heterocycles. The Kier molecular flexibility index (Phi) is 4.74. The minimum Gasteiger partial charge on any atom is -0.545 e. The molecular weight excluding hydrogens is 221 g/mol. The molecule has 0 saturated heterocycles. The van der Waals surface area contributed by atoms with Crippen molar-refractivity contribution >= 4 is 5.97 Å². The Hall–Kier alpha value is -0.404. The van der Waals surface area contributed by atoms with Gasteiger partial charge in [0.25, 0.3) is 0 Å². The van der Waals surface area contributed by atoms with Crippen molar-refractivity contribution in [2.24, 2.45) is 0 Å². The van der Waals surface area contributed by atoms with E-state index in [-0.39, 0.29) is 56.9 Å². The molecule has 2 aromatic rings. The van der Waals surface area contributed by atoms with E-state index in [0.29, 0.717) is 6.54 Å². The molecule has 0 saturated carbocycles.